The van der Waals surface area contributed by atoms with Gasteiger partial charge >= 0.3 is 5.97 Å². The standard InChI is InChI=1S/C13H19NO4S/c1-4-19(17,18)14(8-7-13(15)16)12-9-10(2)5-6-11(12)3/h5-6,9H,4,7-8H2,1-3H3,(H,15,16). The van der Waals surface area contributed by atoms with Gasteiger partial charge in [-0.25, -0.2) is 8.42 Å². The molecule has 0 heterocycles. The minimum absolute atomic E-state index is 0.0458. The predicted octanol–water partition coefficient (Wildman–Crippen LogP) is 1.93. The van der Waals surface area contributed by atoms with Gasteiger partial charge in [-0.2, -0.15) is 0 Å². The van der Waals surface area contributed by atoms with Gasteiger partial charge in [0.1, 0.15) is 0 Å². The molecule has 1 N–H and O–H groups in total. The van der Waals surface area contributed by atoms with Crippen LogP contribution in [-0.4, -0.2) is 31.8 Å². The largest absolute Gasteiger partial charge is 0.481 e. The third kappa shape index (κ3) is 3.96. The second kappa shape index (κ2) is 6.06. The lowest BCUT2D eigenvalue weighted by Crippen LogP contribution is -2.34. The van der Waals surface area contributed by atoms with Crippen LogP contribution in [-0.2, 0) is 14.8 Å². The monoisotopic (exact) mass is 285 g/mol. The zero-order chi connectivity index (χ0) is 14.6. The molecule has 0 bridgehead atoms. The smallest absolute Gasteiger partial charge is 0.305 e. The first kappa shape index (κ1) is 15.5. The minimum atomic E-state index is -3.48. The van der Waals surface area contributed by atoms with Crippen molar-refractivity contribution in [3.63, 3.8) is 0 Å². The Labute approximate surface area is 113 Å². The van der Waals surface area contributed by atoms with E-state index in [1.54, 1.807) is 13.0 Å². The predicted molar refractivity (Wildman–Crippen MR) is 75.0 cm³/mol. The van der Waals surface area contributed by atoms with Gasteiger partial charge in [0, 0.05) is 6.54 Å². The first-order valence-electron chi connectivity index (χ1n) is 6.07. The van der Waals surface area contributed by atoms with E-state index in [2.05, 4.69) is 0 Å². The highest BCUT2D eigenvalue weighted by Crippen LogP contribution is 2.24. The molecule has 0 aliphatic heterocycles. The molecule has 0 saturated carbocycles. The number of rotatable bonds is 6. The zero-order valence-electron chi connectivity index (χ0n) is 11.4. The van der Waals surface area contributed by atoms with Crippen molar-refractivity contribution < 1.29 is 18.3 Å². The maximum absolute atomic E-state index is 12.1. The normalized spacial score (nSPS) is 11.3. The Hall–Kier alpha value is -1.56. The Balaban J connectivity index is 3.23. The molecule has 0 aliphatic rings. The van der Waals surface area contributed by atoms with Crippen LogP contribution in [0.4, 0.5) is 5.69 Å². The van der Waals surface area contributed by atoms with E-state index < -0.39 is 16.0 Å². The Bertz CT molecular complexity index is 566. The van der Waals surface area contributed by atoms with Gasteiger partial charge in [0.25, 0.3) is 0 Å². The van der Waals surface area contributed by atoms with Gasteiger partial charge in [-0.3, -0.25) is 9.10 Å². The molecule has 0 aromatic heterocycles. The van der Waals surface area contributed by atoms with Crippen molar-refractivity contribution in [3.05, 3.63) is 29.3 Å². The summed E-state index contributed by atoms with van der Waals surface area (Å²) in [4.78, 5) is 10.7. The lowest BCUT2D eigenvalue weighted by Gasteiger charge is -2.25. The third-order valence-corrected chi connectivity index (χ3v) is 4.64. The molecule has 5 nitrogen and oxygen atoms in total. The number of sulfonamides is 1. The first-order valence-corrected chi connectivity index (χ1v) is 7.68. The summed E-state index contributed by atoms with van der Waals surface area (Å²) in [7, 11) is -3.48. The number of aliphatic carboxylic acids is 1. The van der Waals surface area contributed by atoms with Crippen LogP contribution in [0.3, 0.4) is 0 Å². The molecule has 19 heavy (non-hydrogen) atoms. The number of hydrogen-bond acceptors (Lipinski definition) is 3. The molecule has 0 amide bonds. The van der Waals surface area contributed by atoms with Crippen LogP contribution in [0.1, 0.15) is 24.5 Å². The Kier molecular flexibility index (Phi) is 4.94. The summed E-state index contributed by atoms with van der Waals surface area (Å²) in [6.45, 7) is 5.19. The summed E-state index contributed by atoms with van der Waals surface area (Å²) < 4.78 is 25.4. The van der Waals surface area contributed by atoms with Crippen molar-refractivity contribution >= 4 is 21.7 Å². The van der Waals surface area contributed by atoms with Crippen LogP contribution in [0.25, 0.3) is 0 Å². The maximum atomic E-state index is 12.1. The SMILES string of the molecule is CCS(=O)(=O)N(CCC(=O)O)c1cc(C)ccc1C. The number of nitrogens with zero attached hydrogens (tertiary/aromatic N) is 1. The van der Waals surface area contributed by atoms with Crippen molar-refractivity contribution in [2.75, 3.05) is 16.6 Å². The molecule has 0 spiro atoms. The van der Waals surface area contributed by atoms with E-state index in [4.69, 9.17) is 5.11 Å². The molecule has 0 fully saturated rings. The van der Waals surface area contributed by atoms with Gasteiger partial charge in [0.2, 0.25) is 10.0 Å². The van der Waals surface area contributed by atoms with Crippen molar-refractivity contribution in [2.24, 2.45) is 0 Å². The fraction of sp³-hybridized carbons (Fsp3) is 0.462. The van der Waals surface area contributed by atoms with Crippen LogP contribution < -0.4 is 4.31 Å². The number of benzene rings is 1. The number of carbonyl (C=O) groups is 1. The topological polar surface area (TPSA) is 74.7 Å². The Morgan fingerprint density at radius 3 is 2.47 bits per heavy atom. The first-order chi connectivity index (χ1) is 8.77. The van der Waals surface area contributed by atoms with Crippen molar-refractivity contribution in [3.8, 4) is 0 Å². The molecule has 1 rings (SSSR count). The van der Waals surface area contributed by atoms with Crippen molar-refractivity contribution in [1.29, 1.82) is 0 Å². The van der Waals surface area contributed by atoms with Crippen LogP contribution >= 0.6 is 0 Å². The minimum Gasteiger partial charge on any atom is -0.481 e. The van der Waals surface area contributed by atoms with Gasteiger partial charge in [-0.15, -0.1) is 0 Å². The van der Waals surface area contributed by atoms with Gasteiger partial charge in [0.15, 0.2) is 0 Å². The second-order valence-corrected chi connectivity index (χ2v) is 6.59. The molecule has 0 saturated heterocycles. The summed E-state index contributed by atoms with van der Waals surface area (Å²) in [5.74, 6) is -1.07. The van der Waals surface area contributed by atoms with Crippen LogP contribution in [0.15, 0.2) is 18.2 Å². The Morgan fingerprint density at radius 2 is 1.95 bits per heavy atom. The van der Waals surface area contributed by atoms with E-state index in [-0.39, 0.29) is 18.7 Å². The summed E-state index contributed by atoms with van der Waals surface area (Å²) in [6.07, 6.45) is -0.216. The molecular formula is C13H19NO4S. The quantitative estimate of drug-likeness (QED) is 0.866. The lowest BCUT2D eigenvalue weighted by atomic mass is 10.1. The fourth-order valence-corrected chi connectivity index (χ4v) is 2.93. The lowest BCUT2D eigenvalue weighted by molar-refractivity contribution is -0.136. The molecular weight excluding hydrogens is 266 g/mol. The fourth-order valence-electron chi connectivity index (χ4n) is 1.75. The molecule has 0 atom stereocenters. The number of aryl methyl sites for hydroxylation is 2. The van der Waals surface area contributed by atoms with E-state index in [9.17, 15) is 13.2 Å². The van der Waals surface area contributed by atoms with E-state index >= 15 is 0 Å². The van der Waals surface area contributed by atoms with Crippen LogP contribution in [0, 0.1) is 13.8 Å². The molecule has 1 aromatic rings. The molecule has 0 unspecified atom stereocenters. The van der Waals surface area contributed by atoms with Crippen LogP contribution in [0.2, 0.25) is 0 Å². The van der Waals surface area contributed by atoms with Crippen LogP contribution in [0.5, 0.6) is 0 Å². The number of carboxylic acids is 1. The summed E-state index contributed by atoms with van der Waals surface area (Å²) in [5.41, 5.74) is 2.31. The van der Waals surface area contributed by atoms with E-state index in [1.807, 2.05) is 26.0 Å². The highest BCUT2D eigenvalue weighted by Gasteiger charge is 2.22. The molecule has 0 aliphatic carbocycles. The van der Waals surface area contributed by atoms with E-state index in [0.29, 0.717) is 5.69 Å². The summed E-state index contributed by atoms with van der Waals surface area (Å²) in [6, 6.07) is 5.50. The molecule has 1 aromatic carbocycles. The van der Waals surface area contributed by atoms with Crippen molar-refractivity contribution in [1.82, 2.24) is 0 Å². The number of anilines is 1. The van der Waals surface area contributed by atoms with E-state index in [1.165, 1.54) is 4.31 Å². The molecule has 0 radical (unpaired) electrons. The van der Waals surface area contributed by atoms with E-state index in [0.717, 1.165) is 11.1 Å². The highest BCUT2D eigenvalue weighted by atomic mass is 32.2. The summed E-state index contributed by atoms with van der Waals surface area (Å²) >= 11 is 0. The maximum Gasteiger partial charge on any atom is 0.305 e. The molecule has 6 heteroatoms. The van der Waals surface area contributed by atoms with Gasteiger partial charge in [-0.1, -0.05) is 12.1 Å². The second-order valence-electron chi connectivity index (χ2n) is 4.41. The third-order valence-electron chi connectivity index (χ3n) is 2.86. The average Bonchev–Trinajstić information content (AvgIpc) is 2.33. The van der Waals surface area contributed by atoms with Crippen molar-refractivity contribution in [2.45, 2.75) is 27.2 Å². The Morgan fingerprint density at radius 1 is 1.32 bits per heavy atom. The highest BCUT2D eigenvalue weighted by molar-refractivity contribution is 7.92. The zero-order valence-corrected chi connectivity index (χ0v) is 12.2. The molecule has 106 valence electrons. The average molecular weight is 285 g/mol. The summed E-state index contributed by atoms with van der Waals surface area (Å²) in [5, 5.41) is 8.75. The van der Waals surface area contributed by atoms with Gasteiger partial charge < -0.3 is 5.11 Å². The number of carboxylic acid groups (broad SMARTS) is 1. The number of hydrogen-bond donors (Lipinski definition) is 1. The van der Waals surface area contributed by atoms with Gasteiger partial charge in [0.05, 0.1) is 17.9 Å². The van der Waals surface area contributed by atoms with Gasteiger partial charge in [-0.05, 0) is 38.0 Å².